The first-order chi connectivity index (χ1) is 10.0. The zero-order chi connectivity index (χ0) is 15.4. The Kier molecular flexibility index (Phi) is 4.14. The molecule has 1 amide bonds. The highest BCUT2D eigenvalue weighted by atomic mass is 19.1. The van der Waals surface area contributed by atoms with Gasteiger partial charge in [-0.3, -0.25) is 4.79 Å². The van der Waals surface area contributed by atoms with Crippen molar-refractivity contribution in [2.45, 2.75) is 6.54 Å². The fourth-order valence-electron chi connectivity index (χ4n) is 1.82. The van der Waals surface area contributed by atoms with Crippen LogP contribution in [0.25, 0.3) is 0 Å². The lowest BCUT2D eigenvalue weighted by Crippen LogP contribution is -2.12. The summed E-state index contributed by atoms with van der Waals surface area (Å²) >= 11 is 0. The van der Waals surface area contributed by atoms with Gasteiger partial charge in [0.1, 0.15) is 23.3 Å². The minimum atomic E-state index is -0.717. The zero-order valence-electron chi connectivity index (χ0n) is 10.9. The smallest absolute Gasteiger partial charge is 0.248 e. The first-order valence-corrected chi connectivity index (χ1v) is 6.03. The molecule has 0 aliphatic carbocycles. The molecule has 4 nitrogen and oxygen atoms in total. The standard InChI is InChI=1S/C15H11F2N3O/c16-12-2-1-3-14(11(12)7-18)20-8-10-5-4-9(15(19)21)6-13(10)17/h1-6,20H,8H2,(H2,19,21). The van der Waals surface area contributed by atoms with E-state index in [4.69, 9.17) is 11.0 Å². The molecule has 2 aromatic carbocycles. The van der Waals surface area contributed by atoms with Gasteiger partial charge in [-0.2, -0.15) is 5.26 Å². The second-order valence-corrected chi connectivity index (χ2v) is 4.30. The molecule has 0 bridgehead atoms. The first kappa shape index (κ1) is 14.5. The van der Waals surface area contributed by atoms with Crippen molar-refractivity contribution in [1.29, 1.82) is 5.26 Å². The molecule has 0 saturated heterocycles. The third kappa shape index (κ3) is 3.15. The molecule has 2 aromatic rings. The summed E-state index contributed by atoms with van der Waals surface area (Å²) in [5.74, 6) is -1.97. The van der Waals surface area contributed by atoms with Crippen LogP contribution < -0.4 is 11.1 Å². The molecule has 0 unspecified atom stereocenters. The minimum Gasteiger partial charge on any atom is -0.380 e. The minimum absolute atomic E-state index is 0.0447. The number of hydrogen-bond donors (Lipinski definition) is 2. The largest absolute Gasteiger partial charge is 0.380 e. The molecular formula is C15H11F2N3O. The number of hydrogen-bond acceptors (Lipinski definition) is 3. The van der Waals surface area contributed by atoms with E-state index in [1.807, 2.05) is 0 Å². The molecule has 6 heteroatoms. The van der Waals surface area contributed by atoms with Gasteiger partial charge >= 0.3 is 0 Å². The van der Waals surface area contributed by atoms with Crippen LogP contribution in [0.15, 0.2) is 36.4 Å². The van der Waals surface area contributed by atoms with E-state index < -0.39 is 17.5 Å². The summed E-state index contributed by atoms with van der Waals surface area (Å²) in [6.07, 6.45) is 0. The number of nitriles is 1. The Morgan fingerprint density at radius 3 is 2.62 bits per heavy atom. The van der Waals surface area contributed by atoms with E-state index in [0.29, 0.717) is 0 Å². The Balaban J connectivity index is 2.20. The fraction of sp³-hybridized carbons (Fsp3) is 0.0667. The predicted molar refractivity (Wildman–Crippen MR) is 73.4 cm³/mol. The number of amides is 1. The Morgan fingerprint density at radius 1 is 1.24 bits per heavy atom. The van der Waals surface area contributed by atoms with E-state index in [1.54, 1.807) is 6.07 Å². The van der Waals surface area contributed by atoms with E-state index in [9.17, 15) is 13.6 Å². The van der Waals surface area contributed by atoms with Gasteiger partial charge in [-0.25, -0.2) is 8.78 Å². The van der Waals surface area contributed by atoms with Crippen molar-refractivity contribution >= 4 is 11.6 Å². The van der Waals surface area contributed by atoms with Gasteiger partial charge < -0.3 is 11.1 Å². The Hall–Kier alpha value is -2.94. The summed E-state index contributed by atoms with van der Waals surface area (Å²) in [5, 5.41) is 11.7. The number of carbonyl (C=O) groups excluding carboxylic acids is 1. The number of rotatable bonds is 4. The molecule has 3 N–H and O–H groups in total. The fourth-order valence-corrected chi connectivity index (χ4v) is 1.82. The number of nitrogens with two attached hydrogens (primary N) is 1. The van der Waals surface area contributed by atoms with Gasteiger partial charge in [0.25, 0.3) is 0 Å². The predicted octanol–water partition coefficient (Wildman–Crippen LogP) is 2.55. The van der Waals surface area contributed by atoms with Gasteiger partial charge in [0.05, 0.1) is 5.69 Å². The summed E-state index contributed by atoms with van der Waals surface area (Å²) in [4.78, 5) is 10.9. The molecule has 2 rings (SSSR count). The Labute approximate surface area is 119 Å². The van der Waals surface area contributed by atoms with E-state index in [2.05, 4.69) is 5.32 Å². The molecule has 0 radical (unpaired) electrons. The van der Waals surface area contributed by atoms with Crippen LogP contribution in [0.1, 0.15) is 21.5 Å². The zero-order valence-corrected chi connectivity index (χ0v) is 10.9. The highest BCUT2D eigenvalue weighted by Gasteiger charge is 2.10. The van der Waals surface area contributed by atoms with E-state index in [-0.39, 0.29) is 28.9 Å². The summed E-state index contributed by atoms with van der Waals surface area (Å²) in [5.41, 5.74) is 5.54. The van der Waals surface area contributed by atoms with Crippen LogP contribution in [0.2, 0.25) is 0 Å². The number of carbonyl (C=O) groups is 1. The van der Waals surface area contributed by atoms with Crippen molar-refractivity contribution < 1.29 is 13.6 Å². The maximum Gasteiger partial charge on any atom is 0.248 e. The molecule has 0 spiro atoms. The van der Waals surface area contributed by atoms with Crippen LogP contribution >= 0.6 is 0 Å². The molecule has 0 aliphatic heterocycles. The number of anilines is 1. The lowest BCUT2D eigenvalue weighted by atomic mass is 10.1. The average Bonchev–Trinajstić information content (AvgIpc) is 2.45. The SMILES string of the molecule is N#Cc1c(F)cccc1NCc1ccc(C(N)=O)cc1F. The molecule has 106 valence electrons. The molecule has 0 aromatic heterocycles. The Morgan fingerprint density at radius 2 is 2.00 bits per heavy atom. The number of nitrogens with zero attached hydrogens (tertiary/aromatic N) is 1. The third-order valence-corrected chi connectivity index (χ3v) is 2.93. The molecular weight excluding hydrogens is 276 g/mol. The first-order valence-electron chi connectivity index (χ1n) is 6.03. The maximum atomic E-state index is 13.8. The van der Waals surface area contributed by atoms with Crippen LogP contribution in [0, 0.1) is 23.0 Å². The van der Waals surface area contributed by atoms with Crippen molar-refractivity contribution in [2.75, 3.05) is 5.32 Å². The van der Waals surface area contributed by atoms with Crippen LogP contribution in [0.3, 0.4) is 0 Å². The molecule has 0 heterocycles. The third-order valence-electron chi connectivity index (χ3n) is 2.93. The van der Waals surface area contributed by atoms with Gasteiger partial charge in [-0.1, -0.05) is 12.1 Å². The van der Waals surface area contributed by atoms with Crippen LogP contribution in [-0.4, -0.2) is 5.91 Å². The van der Waals surface area contributed by atoms with Gasteiger partial charge in [0, 0.05) is 17.7 Å². The normalized spacial score (nSPS) is 9.95. The van der Waals surface area contributed by atoms with Gasteiger partial charge in [-0.05, 0) is 24.3 Å². The van der Waals surface area contributed by atoms with Crippen LogP contribution in [-0.2, 0) is 6.54 Å². The van der Waals surface area contributed by atoms with Crippen molar-refractivity contribution in [3.63, 3.8) is 0 Å². The van der Waals surface area contributed by atoms with Crippen LogP contribution in [0.5, 0.6) is 0 Å². The molecule has 0 saturated carbocycles. The van der Waals surface area contributed by atoms with E-state index in [1.165, 1.54) is 30.3 Å². The van der Waals surface area contributed by atoms with Crippen molar-refractivity contribution in [2.24, 2.45) is 5.73 Å². The second kappa shape index (κ2) is 6.01. The lowest BCUT2D eigenvalue weighted by Gasteiger charge is -2.10. The Bertz CT molecular complexity index is 738. The molecule has 21 heavy (non-hydrogen) atoms. The number of halogens is 2. The maximum absolute atomic E-state index is 13.8. The molecule has 0 atom stereocenters. The highest BCUT2D eigenvalue weighted by molar-refractivity contribution is 5.92. The highest BCUT2D eigenvalue weighted by Crippen LogP contribution is 2.19. The van der Waals surface area contributed by atoms with Gasteiger partial charge in [0.2, 0.25) is 5.91 Å². The summed E-state index contributed by atoms with van der Waals surface area (Å²) in [6, 6.07) is 9.74. The van der Waals surface area contributed by atoms with Crippen molar-refractivity contribution in [3.8, 4) is 6.07 Å². The molecule has 0 fully saturated rings. The summed E-state index contributed by atoms with van der Waals surface area (Å²) in [6.45, 7) is 0.0447. The quantitative estimate of drug-likeness (QED) is 0.907. The number of nitrogens with one attached hydrogen (secondary N) is 1. The lowest BCUT2D eigenvalue weighted by molar-refractivity contribution is 0.1000. The average molecular weight is 287 g/mol. The van der Waals surface area contributed by atoms with E-state index >= 15 is 0 Å². The summed E-state index contributed by atoms with van der Waals surface area (Å²) in [7, 11) is 0. The van der Waals surface area contributed by atoms with E-state index in [0.717, 1.165) is 6.07 Å². The van der Waals surface area contributed by atoms with Crippen molar-refractivity contribution in [1.82, 2.24) is 0 Å². The summed E-state index contributed by atoms with van der Waals surface area (Å²) < 4.78 is 27.2. The van der Waals surface area contributed by atoms with Crippen LogP contribution in [0.4, 0.5) is 14.5 Å². The number of benzene rings is 2. The second-order valence-electron chi connectivity index (χ2n) is 4.30. The topological polar surface area (TPSA) is 78.9 Å². The monoisotopic (exact) mass is 287 g/mol. The van der Waals surface area contributed by atoms with Gasteiger partial charge in [0.15, 0.2) is 0 Å². The van der Waals surface area contributed by atoms with Gasteiger partial charge in [-0.15, -0.1) is 0 Å². The number of primary amides is 1. The van der Waals surface area contributed by atoms with Crippen molar-refractivity contribution in [3.05, 3.63) is 64.7 Å². The molecule has 0 aliphatic rings.